The Labute approximate surface area is 120 Å². The minimum Gasteiger partial charge on any atom is -0.311 e. The monoisotopic (exact) mass is 266 g/mol. The molecule has 0 aromatic heterocycles. The lowest BCUT2D eigenvalue weighted by Gasteiger charge is -2.45. The van der Waals surface area contributed by atoms with Gasteiger partial charge in [-0.2, -0.15) is 0 Å². The Hall–Kier alpha value is -0.0800. The first-order valence-electron chi connectivity index (χ1n) is 8.35. The summed E-state index contributed by atoms with van der Waals surface area (Å²) in [6.07, 6.45) is 5.68. The highest BCUT2D eigenvalue weighted by Crippen LogP contribution is 2.37. The van der Waals surface area contributed by atoms with Gasteiger partial charge in [0.2, 0.25) is 0 Å². The second kappa shape index (κ2) is 6.13. The average molecular weight is 266 g/mol. The van der Waals surface area contributed by atoms with Crippen molar-refractivity contribution in [2.45, 2.75) is 72.4 Å². The SMILES string of the molecule is CC(C)CCCN1CC(C(C)(C)C)NCC1C1CC1. The summed E-state index contributed by atoms with van der Waals surface area (Å²) in [4.78, 5) is 2.81. The lowest BCUT2D eigenvalue weighted by Crippen LogP contribution is -2.61. The molecule has 2 fully saturated rings. The minimum atomic E-state index is 0.380. The maximum Gasteiger partial charge on any atom is 0.0249 e. The van der Waals surface area contributed by atoms with E-state index < -0.39 is 0 Å². The Morgan fingerprint density at radius 2 is 1.89 bits per heavy atom. The summed E-state index contributed by atoms with van der Waals surface area (Å²) in [6.45, 7) is 15.6. The van der Waals surface area contributed by atoms with Crippen molar-refractivity contribution >= 4 is 0 Å². The Kier molecular flexibility index (Phi) is 4.94. The normalized spacial score (nSPS) is 30.0. The summed E-state index contributed by atoms with van der Waals surface area (Å²) in [7, 11) is 0. The highest BCUT2D eigenvalue weighted by Gasteiger charge is 2.40. The summed E-state index contributed by atoms with van der Waals surface area (Å²) >= 11 is 0. The van der Waals surface area contributed by atoms with E-state index >= 15 is 0 Å². The van der Waals surface area contributed by atoms with Crippen LogP contribution < -0.4 is 5.32 Å². The quantitative estimate of drug-likeness (QED) is 0.819. The van der Waals surface area contributed by atoms with Gasteiger partial charge in [0, 0.05) is 25.2 Å². The van der Waals surface area contributed by atoms with Crippen molar-refractivity contribution in [3.8, 4) is 0 Å². The summed E-state index contributed by atoms with van der Waals surface area (Å²) < 4.78 is 0. The fraction of sp³-hybridized carbons (Fsp3) is 1.00. The molecule has 2 atom stereocenters. The molecule has 0 amide bonds. The lowest BCUT2D eigenvalue weighted by atomic mass is 9.84. The van der Waals surface area contributed by atoms with Crippen molar-refractivity contribution in [3.63, 3.8) is 0 Å². The van der Waals surface area contributed by atoms with Crippen LogP contribution in [0.15, 0.2) is 0 Å². The number of nitrogens with zero attached hydrogens (tertiary/aromatic N) is 1. The highest BCUT2D eigenvalue weighted by atomic mass is 15.2. The van der Waals surface area contributed by atoms with Crippen LogP contribution in [-0.2, 0) is 0 Å². The molecule has 1 N–H and O–H groups in total. The Balaban J connectivity index is 1.89. The topological polar surface area (TPSA) is 15.3 Å². The van der Waals surface area contributed by atoms with Crippen LogP contribution in [0, 0.1) is 17.3 Å². The third-order valence-corrected chi connectivity index (χ3v) is 4.90. The van der Waals surface area contributed by atoms with Crippen molar-refractivity contribution < 1.29 is 0 Å². The van der Waals surface area contributed by atoms with Crippen molar-refractivity contribution in [1.29, 1.82) is 0 Å². The van der Waals surface area contributed by atoms with Crippen LogP contribution in [0.2, 0.25) is 0 Å². The number of piperazine rings is 1. The van der Waals surface area contributed by atoms with Crippen molar-refractivity contribution in [3.05, 3.63) is 0 Å². The molecular formula is C17H34N2. The maximum absolute atomic E-state index is 3.82. The molecule has 1 saturated heterocycles. The van der Waals surface area contributed by atoms with Gasteiger partial charge in [-0.15, -0.1) is 0 Å². The van der Waals surface area contributed by atoms with Crippen molar-refractivity contribution in [1.82, 2.24) is 10.2 Å². The zero-order valence-corrected chi connectivity index (χ0v) is 13.7. The van der Waals surface area contributed by atoms with E-state index in [0.717, 1.165) is 17.9 Å². The zero-order chi connectivity index (χ0) is 14.0. The van der Waals surface area contributed by atoms with E-state index in [9.17, 15) is 0 Å². The first kappa shape index (κ1) is 15.3. The van der Waals surface area contributed by atoms with E-state index in [1.165, 1.54) is 45.3 Å². The molecule has 1 aliphatic heterocycles. The molecule has 0 radical (unpaired) electrons. The van der Waals surface area contributed by atoms with Crippen LogP contribution in [0.3, 0.4) is 0 Å². The van der Waals surface area contributed by atoms with Crippen LogP contribution in [0.25, 0.3) is 0 Å². The molecule has 1 heterocycles. The largest absolute Gasteiger partial charge is 0.311 e. The summed E-state index contributed by atoms with van der Waals surface area (Å²) in [5, 5.41) is 3.82. The molecule has 2 unspecified atom stereocenters. The van der Waals surface area contributed by atoms with Crippen LogP contribution >= 0.6 is 0 Å². The van der Waals surface area contributed by atoms with E-state index in [1.807, 2.05) is 0 Å². The number of hydrogen-bond acceptors (Lipinski definition) is 2. The Morgan fingerprint density at radius 1 is 1.21 bits per heavy atom. The molecule has 2 heteroatoms. The fourth-order valence-corrected chi connectivity index (χ4v) is 3.31. The number of nitrogens with one attached hydrogen (secondary N) is 1. The Bertz CT molecular complexity index is 275. The van der Waals surface area contributed by atoms with Gasteiger partial charge in [0.05, 0.1) is 0 Å². The average Bonchev–Trinajstić information content (AvgIpc) is 3.11. The number of hydrogen-bond donors (Lipinski definition) is 1. The molecule has 2 rings (SSSR count). The zero-order valence-electron chi connectivity index (χ0n) is 13.7. The second-order valence-electron chi connectivity index (χ2n) is 8.26. The molecule has 0 aromatic rings. The summed E-state index contributed by atoms with van der Waals surface area (Å²) in [6, 6.07) is 1.48. The molecule has 0 aromatic carbocycles. The molecular weight excluding hydrogens is 232 g/mol. The molecule has 1 saturated carbocycles. The predicted molar refractivity (Wildman–Crippen MR) is 83.4 cm³/mol. The van der Waals surface area contributed by atoms with Gasteiger partial charge in [-0.25, -0.2) is 0 Å². The van der Waals surface area contributed by atoms with Gasteiger partial charge in [-0.1, -0.05) is 34.6 Å². The van der Waals surface area contributed by atoms with E-state index in [0.29, 0.717) is 11.5 Å². The smallest absolute Gasteiger partial charge is 0.0249 e. The standard InChI is InChI=1S/C17H34N2/c1-13(2)7-6-10-19-12-16(17(3,4)5)18-11-15(19)14-8-9-14/h13-16,18H,6-12H2,1-5H3. The molecule has 2 nitrogen and oxygen atoms in total. The van der Waals surface area contributed by atoms with E-state index in [-0.39, 0.29) is 0 Å². The van der Waals surface area contributed by atoms with Gasteiger partial charge in [0.15, 0.2) is 0 Å². The second-order valence-corrected chi connectivity index (χ2v) is 8.26. The molecule has 1 aliphatic carbocycles. The van der Waals surface area contributed by atoms with Crippen LogP contribution in [0.1, 0.15) is 60.3 Å². The molecule has 112 valence electrons. The summed E-state index contributed by atoms with van der Waals surface area (Å²) in [5.41, 5.74) is 0.380. The van der Waals surface area contributed by atoms with Crippen LogP contribution in [0.4, 0.5) is 0 Å². The molecule has 2 aliphatic rings. The van der Waals surface area contributed by atoms with E-state index in [4.69, 9.17) is 0 Å². The van der Waals surface area contributed by atoms with Crippen molar-refractivity contribution in [2.24, 2.45) is 17.3 Å². The van der Waals surface area contributed by atoms with Gasteiger partial charge in [0.1, 0.15) is 0 Å². The van der Waals surface area contributed by atoms with Crippen LogP contribution in [-0.4, -0.2) is 36.6 Å². The third kappa shape index (κ3) is 4.46. The molecule has 0 bridgehead atoms. The minimum absolute atomic E-state index is 0.380. The van der Waals surface area contributed by atoms with Gasteiger partial charge >= 0.3 is 0 Å². The van der Waals surface area contributed by atoms with Gasteiger partial charge < -0.3 is 5.32 Å². The van der Waals surface area contributed by atoms with E-state index in [1.54, 1.807) is 0 Å². The lowest BCUT2D eigenvalue weighted by molar-refractivity contribution is 0.0728. The number of rotatable bonds is 5. The summed E-state index contributed by atoms with van der Waals surface area (Å²) in [5.74, 6) is 1.84. The van der Waals surface area contributed by atoms with E-state index in [2.05, 4.69) is 44.8 Å². The highest BCUT2D eigenvalue weighted by molar-refractivity contribution is 4.97. The van der Waals surface area contributed by atoms with Gasteiger partial charge in [0.25, 0.3) is 0 Å². The van der Waals surface area contributed by atoms with Crippen molar-refractivity contribution in [2.75, 3.05) is 19.6 Å². The maximum atomic E-state index is 3.82. The molecule has 0 spiro atoms. The first-order valence-corrected chi connectivity index (χ1v) is 8.35. The third-order valence-electron chi connectivity index (χ3n) is 4.90. The fourth-order valence-electron chi connectivity index (χ4n) is 3.31. The molecule has 19 heavy (non-hydrogen) atoms. The van der Waals surface area contributed by atoms with Crippen LogP contribution in [0.5, 0.6) is 0 Å². The van der Waals surface area contributed by atoms with Gasteiger partial charge in [-0.3, -0.25) is 4.90 Å². The first-order chi connectivity index (χ1) is 8.88. The van der Waals surface area contributed by atoms with Gasteiger partial charge in [-0.05, 0) is 49.5 Å². The predicted octanol–water partition coefficient (Wildman–Crippen LogP) is 3.52. The Morgan fingerprint density at radius 3 is 2.42 bits per heavy atom.